The number of hydrogen-bond acceptors (Lipinski definition) is 8. The van der Waals surface area contributed by atoms with E-state index in [0.29, 0.717) is 15.8 Å². The largest absolute Gasteiger partial charge is 0.508 e. The molecule has 9 heteroatoms. The lowest BCUT2D eigenvalue weighted by molar-refractivity contribution is 0.187. The summed E-state index contributed by atoms with van der Waals surface area (Å²) in [5, 5.41) is 19.1. The molecule has 7 nitrogen and oxygen atoms in total. The molecule has 0 fully saturated rings. The standard InChI is InChI=1S/C16H14N4O3S2/c1-23-16(22)19-14-13(12-3-2-8-24-12)18-15(25-14)20-17-9-10-4-6-11(21)7-5-10/h2-9,21H,1H3,(H,18,20)(H,19,22). The SMILES string of the molecule is COC(=O)Nc1sc(NN=Cc2ccc(O)cc2)nc1-c1cccs1. The Kier molecular flexibility index (Phi) is 5.26. The summed E-state index contributed by atoms with van der Waals surface area (Å²) in [6.45, 7) is 0. The van der Waals surface area contributed by atoms with Crippen molar-refractivity contribution in [3.63, 3.8) is 0 Å². The average molecular weight is 374 g/mol. The van der Waals surface area contributed by atoms with Crippen molar-refractivity contribution >= 4 is 45.1 Å². The second-order valence-corrected chi connectivity index (χ2v) is 6.70. The molecule has 1 amide bonds. The zero-order valence-electron chi connectivity index (χ0n) is 13.1. The number of carbonyl (C=O) groups excluding carboxylic acids is 1. The van der Waals surface area contributed by atoms with Crippen molar-refractivity contribution in [2.45, 2.75) is 0 Å². The Balaban J connectivity index is 1.78. The first-order valence-corrected chi connectivity index (χ1v) is 8.83. The van der Waals surface area contributed by atoms with Crippen molar-refractivity contribution < 1.29 is 14.6 Å². The van der Waals surface area contributed by atoms with Gasteiger partial charge in [0, 0.05) is 0 Å². The Bertz CT molecular complexity index is 873. The van der Waals surface area contributed by atoms with Gasteiger partial charge in [0.1, 0.15) is 16.4 Å². The van der Waals surface area contributed by atoms with Crippen LogP contribution in [0.25, 0.3) is 10.6 Å². The molecule has 0 bridgehead atoms. The molecule has 0 radical (unpaired) electrons. The molecule has 2 aromatic heterocycles. The summed E-state index contributed by atoms with van der Waals surface area (Å²) >= 11 is 2.78. The maximum atomic E-state index is 11.5. The fourth-order valence-corrected chi connectivity index (χ4v) is 3.50. The Morgan fingerprint density at radius 1 is 1.32 bits per heavy atom. The number of methoxy groups -OCH3 is 1. The maximum Gasteiger partial charge on any atom is 0.412 e. The molecule has 1 aromatic carbocycles. The van der Waals surface area contributed by atoms with E-state index in [1.54, 1.807) is 30.5 Å². The van der Waals surface area contributed by atoms with Crippen LogP contribution in [0.3, 0.4) is 0 Å². The number of nitrogens with zero attached hydrogens (tertiary/aromatic N) is 2. The van der Waals surface area contributed by atoms with Gasteiger partial charge in [0.2, 0.25) is 5.13 Å². The third kappa shape index (κ3) is 4.34. The van der Waals surface area contributed by atoms with Crippen molar-refractivity contribution in [2.75, 3.05) is 17.9 Å². The van der Waals surface area contributed by atoms with Crippen LogP contribution in [0.5, 0.6) is 5.75 Å². The van der Waals surface area contributed by atoms with E-state index in [4.69, 9.17) is 0 Å². The first-order chi connectivity index (χ1) is 12.2. The Labute approximate surface area is 151 Å². The third-order valence-electron chi connectivity index (χ3n) is 3.05. The van der Waals surface area contributed by atoms with Crippen LogP contribution in [0.2, 0.25) is 0 Å². The van der Waals surface area contributed by atoms with Gasteiger partial charge in [-0.05, 0) is 41.3 Å². The number of benzene rings is 1. The Morgan fingerprint density at radius 3 is 2.80 bits per heavy atom. The van der Waals surface area contributed by atoms with Crippen LogP contribution in [-0.4, -0.2) is 29.5 Å². The van der Waals surface area contributed by atoms with Gasteiger partial charge in [0.25, 0.3) is 0 Å². The predicted octanol–water partition coefficient (Wildman–Crippen LogP) is 4.20. The molecule has 0 saturated heterocycles. The van der Waals surface area contributed by atoms with E-state index < -0.39 is 6.09 Å². The smallest absolute Gasteiger partial charge is 0.412 e. The molecule has 3 N–H and O–H groups in total. The van der Waals surface area contributed by atoms with Crippen LogP contribution in [0.1, 0.15) is 5.56 Å². The second kappa shape index (κ2) is 7.77. The Hall–Kier alpha value is -2.91. The molecule has 128 valence electrons. The number of hydrogen-bond donors (Lipinski definition) is 3. The normalized spacial score (nSPS) is 10.8. The number of ether oxygens (including phenoxy) is 1. The van der Waals surface area contributed by atoms with Crippen LogP contribution in [0, 0.1) is 0 Å². The number of anilines is 2. The molecule has 0 spiro atoms. The number of hydrazone groups is 1. The van der Waals surface area contributed by atoms with Gasteiger partial charge >= 0.3 is 6.09 Å². The molecule has 0 aliphatic rings. The summed E-state index contributed by atoms with van der Waals surface area (Å²) in [5.74, 6) is 0.198. The number of phenolic OH excluding ortho intramolecular Hbond substituents is 1. The fraction of sp³-hybridized carbons (Fsp3) is 0.0625. The van der Waals surface area contributed by atoms with E-state index in [-0.39, 0.29) is 5.75 Å². The van der Waals surface area contributed by atoms with Crippen molar-refractivity contribution in [3.05, 3.63) is 47.3 Å². The van der Waals surface area contributed by atoms with Gasteiger partial charge in [-0.2, -0.15) is 5.10 Å². The quantitative estimate of drug-likeness (QED) is 0.459. The van der Waals surface area contributed by atoms with E-state index in [1.165, 1.54) is 29.8 Å². The number of thiazole rings is 1. The molecule has 2 heterocycles. The van der Waals surface area contributed by atoms with Crippen molar-refractivity contribution in [2.24, 2.45) is 5.10 Å². The van der Waals surface area contributed by atoms with Crippen molar-refractivity contribution in [1.82, 2.24) is 4.98 Å². The third-order valence-corrected chi connectivity index (χ3v) is 4.80. The number of rotatable bonds is 5. The highest BCUT2D eigenvalue weighted by Gasteiger charge is 2.16. The van der Waals surface area contributed by atoms with Crippen molar-refractivity contribution in [3.8, 4) is 16.3 Å². The summed E-state index contributed by atoms with van der Waals surface area (Å²) in [4.78, 5) is 16.9. The molecule has 0 aliphatic carbocycles. The molecule has 0 aliphatic heterocycles. The van der Waals surface area contributed by atoms with Crippen LogP contribution in [0.4, 0.5) is 14.9 Å². The van der Waals surface area contributed by atoms with E-state index >= 15 is 0 Å². The number of thiophene rings is 1. The molecule has 3 aromatic rings. The monoisotopic (exact) mass is 374 g/mol. The molecule has 0 unspecified atom stereocenters. The van der Waals surface area contributed by atoms with Gasteiger partial charge < -0.3 is 9.84 Å². The minimum absolute atomic E-state index is 0.198. The van der Waals surface area contributed by atoms with Gasteiger partial charge in [-0.3, -0.25) is 10.7 Å². The zero-order chi connectivity index (χ0) is 17.6. The highest BCUT2D eigenvalue weighted by atomic mass is 32.1. The second-order valence-electron chi connectivity index (χ2n) is 4.75. The lowest BCUT2D eigenvalue weighted by Crippen LogP contribution is -2.10. The number of aromatic hydroxyl groups is 1. The number of aromatic nitrogens is 1. The van der Waals surface area contributed by atoms with Crippen LogP contribution in [0.15, 0.2) is 46.9 Å². The number of amides is 1. The lowest BCUT2D eigenvalue weighted by Gasteiger charge is -2.01. The number of carbonyl (C=O) groups is 1. The highest BCUT2D eigenvalue weighted by Crippen LogP contribution is 2.38. The average Bonchev–Trinajstić information content (AvgIpc) is 3.26. The zero-order valence-corrected chi connectivity index (χ0v) is 14.7. The number of phenols is 1. The van der Waals surface area contributed by atoms with E-state index in [0.717, 1.165) is 10.4 Å². The minimum Gasteiger partial charge on any atom is -0.508 e. The van der Waals surface area contributed by atoms with Crippen LogP contribution in [-0.2, 0) is 4.74 Å². The van der Waals surface area contributed by atoms with Gasteiger partial charge in [0.15, 0.2) is 0 Å². The molecule has 0 atom stereocenters. The molecule has 25 heavy (non-hydrogen) atoms. The van der Waals surface area contributed by atoms with Crippen molar-refractivity contribution in [1.29, 1.82) is 0 Å². The lowest BCUT2D eigenvalue weighted by atomic mass is 10.2. The molecular weight excluding hydrogens is 360 g/mol. The molecular formula is C16H14N4O3S2. The van der Waals surface area contributed by atoms with Crippen LogP contribution < -0.4 is 10.7 Å². The summed E-state index contributed by atoms with van der Waals surface area (Å²) in [7, 11) is 1.31. The van der Waals surface area contributed by atoms with E-state index in [9.17, 15) is 9.90 Å². The van der Waals surface area contributed by atoms with Crippen LogP contribution >= 0.6 is 22.7 Å². The van der Waals surface area contributed by atoms with Gasteiger partial charge in [-0.25, -0.2) is 9.78 Å². The highest BCUT2D eigenvalue weighted by molar-refractivity contribution is 7.21. The molecule has 3 rings (SSSR count). The first-order valence-electron chi connectivity index (χ1n) is 7.13. The predicted molar refractivity (Wildman–Crippen MR) is 101 cm³/mol. The maximum absolute atomic E-state index is 11.5. The fourth-order valence-electron chi connectivity index (χ4n) is 1.90. The first kappa shape index (κ1) is 16.9. The summed E-state index contributed by atoms with van der Waals surface area (Å²) in [5.41, 5.74) is 4.34. The molecule has 0 saturated carbocycles. The van der Waals surface area contributed by atoms with Gasteiger partial charge in [0.05, 0.1) is 18.2 Å². The summed E-state index contributed by atoms with van der Waals surface area (Å²) in [6, 6.07) is 10.5. The summed E-state index contributed by atoms with van der Waals surface area (Å²) < 4.78 is 4.65. The summed E-state index contributed by atoms with van der Waals surface area (Å²) in [6.07, 6.45) is 1.06. The van der Waals surface area contributed by atoms with E-state index in [1.807, 2.05) is 17.5 Å². The number of nitrogens with one attached hydrogen (secondary N) is 2. The van der Waals surface area contributed by atoms with E-state index in [2.05, 4.69) is 25.6 Å². The topological polar surface area (TPSA) is 95.8 Å². The minimum atomic E-state index is -0.555. The van der Waals surface area contributed by atoms with Gasteiger partial charge in [-0.15, -0.1) is 11.3 Å². The Morgan fingerprint density at radius 2 is 2.12 bits per heavy atom. The van der Waals surface area contributed by atoms with Gasteiger partial charge in [-0.1, -0.05) is 17.4 Å².